The van der Waals surface area contributed by atoms with E-state index in [1.54, 1.807) is 0 Å². The molecule has 2 rings (SSSR count). The average molecular weight is 327 g/mol. The minimum Gasteiger partial charge on any atom is -0.445 e. The molecule has 1 heterocycles. The summed E-state index contributed by atoms with van der Waals surface area (Å²) in [6, 6.07) is 8.86. The fourth-order valence-corrected chi connectivity index (χ4v) is 2.38. The van der Waals surface area contributed by atoms with Crippen LogP contribution < -0.4 is 5.32 Å². The van der Waals surface area contributed by atoms with Crippen molar-refractivity contribution in [2.45, 2.75) is 25.2 Å². The number of ether oxygens (including phenoxy) is 1. The van der Waals surface area contributed by atoms with Crippen LogP contribution in [-0.4, -0.2) is 53.1 Å². The number of likely N-dealkylation sites (tertiary alicyclic amines) is 1. The lowest BCUT2D eigenvalue weighted by Gasteiger charge is -2.35. The predicted molar refractivity (Wildman–Crippen MR) is 81.5 cm³/mol. The second-order valence-electron chi connectivity index (χ2n) is 5.15. The Morgan fingerprint density at radius 3 is 2.77 bits per heavy atom. The molecule has 1 aromatic carbocycles. The lowest BCUT2D eigenvalue weighted by Crippen LogP contribution is -2.56. The summed E-state index contributed by atoms with van der Waals surface area (Å²) >= 11 is 5.44. The number of aliphatic hydroxyl groups is 1. The molecule has 1 aliphatic rings. The Kier molecular flexibility index (Phi) is 6.03. The number of benzene rings is 1. The maximum absolute atomic E-state index is 12.1. The SMILES string of the molecule is O=C(CCl)N[C@@H]1CN(C(=O)OCc2ccccc2)CC[C@@H]1O. The highest BCUT2D eigenvalue weighted by Crippen LogP contribution is 2.13. The van der Waals surface area contributed by atoms with E-state index in [0.29, 0.717) is 13.0 Å². The van der Waals surface area contributed by atoms with E-state index in [4.69, 9.17) is 16.3 Å². The first-order valence-corrected chi connectivity index (χ1v) is 7.62. The van der Waals surface area contributed by atoms with E-state index in [1.165, 1.54) is 4.90 Å². The quantitative estimate of drug-likeness (QED) is 0.813. The van der Waals surface area contributed by atoms with Gasteiger partial charge in [0.25, 0.3) is 0 Å². The zero-order valence-corrected chi connectivity index (χ0v) is 12.8. The number of hydrogen-bond donors (Lipinski definition) is 2. The molecule has 0 spiro atoms. The van der Waals surface area contributed by atoms with Gasteiger partial charge in [0, 0.05) is 13.1 Å². The number of amides is 2. The largest absolute Gasteiger partial charge is 0.445 e. The monoisotopic (exact) mass is 326 g/mol. The molecule has 6 nitrogen and oxygen atoms in total. The molecule has 22 heavy (non-hydrogen) atoms. The van der Waals surface area contributed by atoms with Gasteiger partial charge in [-0.2, -0.15) is 0 Å². The van der Waals surface area contributed by atoms with Crippen molar-refractivity contribution in [3.63, 3.8) is 0 Å². The first-order valence-electron chi connectivity index (χ1n) is 7.09. The molecular weight excluding hydrogens is 308 g/mol. The van der Waals surface area contributed by atoms with E-state index in [1.807, 2.05) is 30.3 Å². The molecule has 7 heteroatoms. The highest BCUT2D eigenvalue weighted by Gasteiger charge is 2.31. The molecule has 0 aromatic heterocycles. The first-order chi connectivity index (χ1) is 10.6. The minimum absolute atomic E-state index is 0.179. The van der Waals surface area contributed by atoms with E-state index < -0.39 is 18.2 Å². The molecule has 2 amide bonds. The summed E-state index contributed by atoms with van der Waals surface area (Å²) in [5.74, 6) is -0.549. The molecule has 120 valence electrons. The average Bonchev–Trinajstić information content (AvgIpc) is 2.55. The summed E-state index contributed by atoms with van der Waals surface area (Å²) in [5, 5.41) is 12.5. The van der Waals surface area contributed by atoms with Crippen molar-refractivity contribution in [2.24, 2.45) is 0 Å². The highest BCUT2D eigenvalue weighted by atomic mass is 35.5. The molecular formula is C15H19ClN2O4. The van der Waals surface area contributed by atoms with E-state index >= 15 is 0 Å². The summed E-state index contributed by atoms with van der Waals surface area (Å²) < 4.78 is 5.25. The van der Waals surface area contributed by atoms with Crippen LogP contribution in [-0.2, 0) is 16.1 Å². The number of carbonyl (C=O) groups is 2. The zero-order valence-electron chi connectivity index (χ0n) is 12.1. The summed E-state index contributed by atoms with van der Waals surface area (Å²) in [5.41, 5.74) is 0.903. The minimum atomic E-state index is -0.689. The predicted octanol–water partition coefficient (Wildman–Crippen LogP) is 1.11. The van der Waals surface area contributed by atoms with Crippen LogP contribution in [0.5, 0.6) is 0 Å². The number of aliphatic hydroxyl groups excluding tert-OH is 1. The maximum atomic E-state index is 12.1. The number of halogens is 1. The van der Waals surface area contributed by atoms with Gasteiger partial charge < -0.3 is 20.1 Å². The molecule has 2 N–H and O–H groups in total. The van der Waals surface area contributed by atoms with Gasteiger partial charge in [0.1, 0.15) is 12.5 Å². The van der Waals surface area contributed by atoms with E-state index in [-0.39, 0.29) is 24.9 Å². The van der Waals surface area contributed by atoms with Gasteiger partial charge in [-0.25, -0.2) is 4.79 Å². The smallest absolute Gasteiger partial charge is 0.410 e. The van der Waals surface area contributed by atoms with Gasteiger partial charge in [-0.3, -0.25) is 4.79 Å². The highest BCUT2D eigenvalue weighted by molar-refractivity contribution is 6.27. The first kappa shape index (κ1) is 16.6. The molecule has 0 unspecified atom stereocenters. The van der Waals surface area contributed by atoms with Gasteiger partial charge in [-0.1, -0.05) is 30.3 Å². The summed E-state index contributed by atoms with van der Waals surface area (Å²) in [4.78, 5) is 24.9. The van der Waals surface area contributed by atoms with Gasteiger partial charge >= 0.3 is 6.09 Å². The molecule has 0 aliphatic carbocycles. The lowest BCUT2D eigenvalue weighted by atomic mass is 10.0. The molecule has 2 atom stereocenters. The standard InChI is InChI=1S/C15H19ClN2O4/c16-8-14(20)17-12-9-18(7-6-13(12)19)15(21)22-10-11-4-2-1-3-5-11/h1-5,12-13,19H,6-10H2,(H,17,20)/t12-,13+/m1/s1. The number of nitrogens with one attached hydrogen (secondary N) is 1. The third-order valence-corrected chi connectivity index (χ3v) is 3.75. The molecule has 0 radical (unpaired) electrons. The van der Waals surface area contributed by atoms with Crippen molar-refractivity contribution in [1.29, 1.82) is 0 Å². The van der Waals surface area contributed by atoms with E-state index in [9.17, 15) is 14.7 Å². The molecule has 0 bridgehead atoms. The lowest BCUT2D eigenvalue weighted by molar-refractivity contribution is -0.120. The van der Waals surface area contributed by atoms with E-state index in [2.05, 4.69) is 5.32 Å². The second kappa shape index (κ2) is 8.00. The topological polar surface area (TPSA) is 78.9 Å². The molecule has 1 saturated heterocycles. The Morgan fingerprint density at radius 2 is 2.09 bits per heavy atom. The Labute approximate surface area is 134 Å². The van der Waals surface area contributed by atoms with Crippen LogP contribution in [0.15, 0.2) is 30.3 Å². The van der Waals surface area contributed by atoms with Crippen LogP contribution in [0.1, 0.15) is 12.0 Å². The molecule has 1 fully saturated rings. The number of nitrogens with zero attached hydrogens (tertiary/aromatic N) is 1. The van der Waals surface area contributed by atoms with Crippen LogP contribution in [0.2, 0.25) is 0 Å². The Morgan fingerprint density at radius 1 is 1.36 bits per heavy atom. The summed E-state index contributed by atoms with van der Waals surface area (Å²) in [6.07, 6.45) is -0.764. The fraction of sp³-hybridized carbons (Fsp3) is 0.467. The van der Waals surface area contributed by atoms with Crippen LogP contribution in [0.4, 0.5) is 4.79 Å². The Balaban J connectivity index is 1.85. The summed E-state index contributed by atoms with van der Waals surface area (Å²) in [7, 11) is 0. The van der Waals surface area contributed by atoms with Crippen molar-refractivity contribution >= 4 is 23.6 Å². The van der Waals surface area contributed by atoms with Crippen LogP contribution in [0.3, 0.4) is 0 Å². The van der Waals surface area contributed by atoms with E-state index in [0.717, 1.165) is 5.56 Å². The van der Waals surface area contributed by atoms with Crippen LogP contribution in [0.25, 0.3) is 0 Å². The van der Waals surface area contributed by atoms with Gasteiger partial charge in [-0.05, 0) is 12.0 Å². The van der Waals surface area contributed by atoms with Crippen molar-refractivity contribution < 1.29 is 19.4 Å². The fourth-order valence-electron chi connectivity index (χ4n) is 2.30. The van der Waals surface area contributed by atoms with Crippen molar-refractivity contribution in [2.75, 3.05) is 19.0 Å². The zero-order chi connectivity index (χ0) is 15.9. The Bertz CT molecular complexity index is 512. The van der Waals surface area contributed by atoms with Gasteiger partial charge in [0.15, 0.2) is 0 Å². The van der Waals surface area contributed by atoms with Gasteiger partial charge in [-0.15, -0.1) is 11.6 Å². The molecule has 1 aliphatic heterocycles. The normalized spacial score (nSPS) is 21.3. The number of hydrogen-bond acceptors (Lipinski definition) is 4. The number of piperidine rings is 1. The number of carbonyl (C=O) groups excluding carboxylic acids is 2. The number of rotatable bonds is 4. The van der Waals surface area contributed by atoms with Gasteiger partial charge in [0.05, 0.1) is 12.1 Å². The van der Waals surface area contributed by atoms with Crippen LogP contribution in [0, 0.1) is 0 Å². The number of alkyl halides is 1. The van der Waals surface area contributed by atoms with Crippen molar-refractivity contribution in [1.82, 2.24) is 10.2 Å². The Hall–Kier alpha value is -1.79. The third-order valence-electron chi connectivity index (χ3n) is 3.51. The molecule has 0 saturated carbocycles. The van der Waals surface area contributed by atoms with Crippen molar-refractivity contribution in [3.05, 3.63) is 35.9 Å². The maximum Gasteiger partial charge on any atom is 0.410 e. The third kappa shape index (κ3) is 4.61. The van der Waals surface area contributed by atoms with Gasteiger partial charge in [0.2, 0.25) is 5.91 Å². The second-order valence-corrected chi connectivity index (χ2v) is 5.42. The van der Waals surface area contributed by atoms with Crippen LogP contribution >= 0.6 is 11.6 Å². The summed E-state index contributed by atoms with van der Waals surface area (Å²) in [6.45, 7) is 0.789. The molecule has 1 aromatic rings. The van der Waals surface area contributed by atoms with Crippen molar-refractivity contribution in [3.8, 4) is 0 Å².